The number of hydrogen-bond acceptors (Lipinski definition) is 3. The van der Waals surface area contributed by atoms with E-state index < -0.39 is 0 Å². The summed E-state index contributed by atoms with van der Waals surface area (Å²) in [5, 5.41) is 7.97. The average molecular weight is 287 g/mol. The quantitative estimate of drug-likeness (QED) is 0.721. The van der Waals surface area contributed by atoms with Crippen LogP contribution in [0.3, 0.4) is 0 Å². The Labute approximate surface area is 127 Å². The topological polar surface area (TPSA) is 39.1 Å². The molecule has 0 bridgehead atoms. The maximum atomic E-state index is 5.06. The molecule has 0 radical (unpaired) electrons. The van der Waals surface area contributed by atoms with E-state index in [4.69, 9.17) is 4.74 Å². The first-order valence-electron chi connectivity index (χ1n) is 7.62. The lowest BCUT2D eigenvalue weighted by atomic mass is 10.1. The van der Waals surface area contributed by atoms with Crippen LogP contribution in [0.25, 0.3) is 0 Å². The van der Waals surface area contributed by atoms with E-state index in [1.807, 2.05) is 12.3 Å². The molecule has 2 aromatic rings. The van der Waals surface area contributed by atoms with Gasteiger partial charge in [-0.25, -0.2) is 0 Å². The van der Waals surface area contributed by atoms with Gasteiger partial charge in [0.25, 0.3) is 0 Å². The van der Waals surface area contributed by atoms with Gasteiger partial charge in [-0.15, -0.1) is 0 Å². The van der Waals surface area contributed by atoms with E-state index >= 15 is 0 Å². The second-order valence-corrected chi connectivity index (χ2v) is 5.18. The fourth-order valence-corrected chi connectivity index (χ4v) is 2.41. The van der Waals surface area contributed by atoms with Gasteiger partial charge in [-0.2, -0.15) is 5.10 Å². The molecule has 0 amide bonds. The number of ether oxygens (including phenoxy) is 1. The minimum Gasteiger partial charge on any atom is -0.383 e. The Hall–Kier alpha value is -1.65. The third-order valence-electron chi connectivity index (χ3n) is 3.50. The first kappa shape index (κ1) is 15.7. The first-order chi connectivity index (χ1) is 10.3. The molecule has 4 heteroatoms. The molecule has 4 nitrogen and oxygen atoms in total. The van der Waals surface area contributed by atoms with E-state index in [1.165, 1.54) is 16.8 Å². The molecule has 0 spiro atoms. The molecule has 1 aromatic heterocycles. The SMILES string of the molecule is CCCc1c(CNCCOC)cnn1Cc1ccccc1. The van der Waals surface area contributed by atoms with Crippen LogP contribution in [-0.4, -0.2) is 30.0 Å². The van der Waals surface area contributed by atoms with Gasteiger partial charge >= 0.3 is 0 Å². The highest BCUT2D eigenvalue weighted by Gasteiger charge is 2.10. The summed E-state index contributed by atoms with van der Waals surface area (Å²) >= 11 is 0. The maximum absolute atomic E-state index is 5.06. The van der Waals surface area contributed by atoms with E-state index in [-0.39, 0.29) is 0 Å². The van der Waals surface area contributed by atoms with Crippen molar-refractivity contribution in [3.8, 4) is 0 Å². The summed E-state index contributed by atoms with van der Waals surface area (Å²) in [4.78, 5) is 0. The summed E-state index contributed by atoms with van der Waals surface area (Å²) in [5.41, 5.74) is 3.92. The molecule has 21 heavy (non-hydrogen) atoms. The van der Waals surface area contributed by atoms with Crippen molar-refractivity contribution < 1.29 is 4.74 Å². The van der Waals surface area contributed by atoms with Crippen LogP contribution in [0.5, 0.6) is 0 Å². The maximum Gasteiger partial charge on any atom is 0.0662 e. The van der Waals surface area contributed by atoms with E-state index in [0.29, 0.717) is 0 Å². The molecule has 0 saturated carbocycles. The minimum absolute atomic E-state index is 0.737. The van der Waals surface area contributed by atoms with Crippen molar-refractivity contribution in [3.63, 3.8) is 0 Å². The highest BCUT2D eigenvalue weighted by atomic mass is 16.5. The van der Waals surface area contributed by atoms with Gasteiger partial charge in [-0.05, 0) is 12.0 Å². The third-order valence-corrected chi connectivity index (χ3v) is 3.50. The number of methoxy groups -OCH3 is 1. The monoisotopic (exact) mass is 287 g/mol. The van der Waals surface area contributed by atoms with E-state index in [2.05, 4.69) is 46.3 Å². The Morgan fingerprint density at radius 2 is 2.05 bits per heavy atom. The highest BCUT2D eigenvalue weighted by Crippen LogP contribution is 2.13. The average Bonchev–Trinajstić information content (AvgIpc) is 2.88. The van der Waals surface area contributed by atoms with Gasteiger partial charge in [0.2, 0.25) is 0 Å². The molecular formula is C17H25N3O. The van der Waals surface area contributed by atoms with Crippen molar-refractivity contribution in [2.75, 3.05) is 20.3 Å². The Kier molecular flexibility index (Phi) is 6.44. The van der Waals surface area contributed by atoms with Crippen molar-refractivity contribution in [3.05, 3.63) is 53.3 Å². The Balaban J connectivity index is 2.05. The number of nitrogens with one attached hydrogen (secondary N) is 1. The van der Waals surface area contributed by atoms with Crippen LogP contribution in [0, 0.1) is 0 Å². The van der Waals surface area contributed by atoms with Gasteiger partial charge in [0.15, 0.2) is 0 Å². The van der Waals surface area contributed by atoms with Crippen LogP contribution in [0.15, 0.2) is 36.5 Å². The zero-order chi connectivity index (χ0) is 14.9. The molecule has 0 aliphatic carbocycles. The smallest absolute Gasteiger partial charge is 0.0662 e. The Morgan fingerprint density at radius 3 is 2.76 bits per heavy atom. The Morgan fingerprint density at radius 1 is 1.24 bits per heavy atom. The number of benzene rings is 1. The molecule has 0 saturated heterocycles. The van der Waals surface area contributed by atoms with Gasteiger partial charge in [0.1, 0.15) is 0 Å². The molecule has 0 fully saturated rings. The Bertz CT molecular complexity index is 522. The molecule has 0 aliphatic heterocycles. The minimum atomic E-state index is 0.737. The van der Waals surface area contributed by atoms with Gasteiger partial charge in [-0.1, -0.05) is 43.7 Å². The third kappa shape index (κ3) is 4.69. The van der Waals surface area contributed by atoms with Crippen LogP contribution >= 0.6 is 0 Å². The summed E-state index contributed by atoms with van der Waals surface area (Å²) in [6, 6.07) is 10.5. The van der Waals surface area contributed by atoms with Gasteiger partial charge in [-0.3, -0.25) is 4.68 Å². The largest absolute Gasteiger partial charge is 0.383 e. The van der Waals surface area contributed by atoms with Crippen molar-refractivity contribution in [2.45, 2.75) is 32.9 Å². The molecule has 0 aliphatic rings. The van der Waals surface area contributed by atoms with E-state index in [0.717, 1.165) is 39.1 Å². The molecule has 1 N–H and O–H groups in total. The molecule has 2 rings (SSSR count). The summed E-state index contributed by atoms with van der Waals surface area (Å²) in [6.45, 7) is 5.51. The number of hydrogen-bond donors (Lipinski definition) is 1. The fraction of sp³-hybridized carbons (Fsp3) is 0.471. The normalized spacial score (nSPS) is 11.0. The second-order valence-electron chi connectivity index (χ2n) is 5.18. The van der Waals surface area contributed by atoms with Gasteiger partial charge < -0.3 is 10.1 Å². The van der Waals surface area contributed by atoms with Crippen LogP contribution in [0.2, 0.25) is 0 Å². The zero-order valence-corrected chi connectivity index (χ0v) is 13.0. The summed E-state index contributed by atoms with van der Waals surface area (Å²) in [6.07, 6.45) is 4.19. The summed E-state index contributed by atoms with van der Waals surface area (Å²) in [7, 11) is 1.72. The molecule has 0 atom stereocenters. The first-order valence-corrected chi connectivity index (χ1v) is 7.62. The standard InChI is InChI=1S/C17H25N3O/c1-3-7-17-16(12-18-10-11-21-2)13-19-20(17)14-15-8-5-4-6-9-15/h4-6,8-9,13,18H,3,7,10-12,14H2,1-2H3. The van der Waals surface area contributed by atoms with E-state index in [1.54, 1.807) is 7.11 Å². The molecule has 1 aromatic carbocycles. The van der Waals surface area contributed by atoms with Crippen LogP contribution < -0.4 is 5.32 Å². The number of nitrogens with zero attached hydrogens (tertiary/aromatic N) is 2. The lowest BCUT2D eigenvalue weighted by Crippen LogP contribution is -2.19. The molecule has 1 heterocycles. The fourth-order valence-electron chi connectivity index (χ4n) is 2.41. The van der Waals surface area contributed by atoms with Crippen molar-refractivity contribution in [1.29, 1.82) is 0 Å². The van der Waals surface area contributed by atoms with Gasteiger partial charge in [0, 0.05) is 31.5 Å². The number of aromatic nitrogens is 2. The number of rotatable bonds is 9. The molecule has 114 valence electrons. The highest BCUT2D eigenvalue weighted by molar-refractivity contribution is 5.21. The molecular weight excluding hydrogens is 262 g/mol. The lowest BCUT2D eigenvalue weighted by molar-refractivity contribution is 0.199. The van der Waals surface area contributed by atoms with Gasteiger partial charge in [0.05, 0.1) is 19.3 Å². The predicted molar refractivity (Wildman–Crippen MR) is 85.3 cm³/mol. The predicted octanol–water partition coefficient (Wildman–Crippen LogP) is 2.62. The van der Waals surface area contributed by atoms with Crippen molar-refractivity contribution in [1.82, 2.24) is 15.1 Å². The summed E-state index contributed by atoms with van der Waals surface area (Å²) in [5.74, 6) is 0. The summed E-state index contributed by atoms with van der Waals surface area (Å²) < 4.78 is 7.19. The van der Waals surface area contributed by atoms with Crippen molar-refractivity contribution >= 4 is 0 Å². The van der Waals surface area contributed by atoms with E-state index in [9.17, 15) is 0 Å². The van der Waals surface area contributed by atoms with Crippen molar-refractivity contribution in [2.24, 2.45) is 0 Å². The zero-order valence-electron chi connectivity index (χ0n) is 13.0. The second kappa shape index (κ2) is 8.60. The lowest BCUT2D eigenvalue weighted by Gasteiger charge is -2.10. The van der Waals surface area contributed by atoms with Crippen LogP contribution in [-0.2, 0) is 24.2 Å². The van der Waals surface area contributed by atoms with Crippen LogP contribution in [0.4, 0.5) is 0 Å². The molecule has 0 unspecified atom stereocenters. The van der Waals surface area contributed by atoms with Crippen LogP contribution in [0.1, 0.15) is 30.2 Å².